The molecule has 0 aliphatic heterocycles. The zero-order valence-electron chi connectivity index (χ0n) is 12.1. The number of rotatable bonds is 6. The standard InChI is InChI=1S/C16H18ClN3O/c1-11(13-6-4-3-5-7-13)8-9-18-16-14(10-21)15(17)19-12(2)20-16/h3-7,10-11H,8-9H2,1-2H3,(H,18,19,20). The Hall–Kier alpha value is -1.94. The Morgan fingerprint density at radius 1 is 1.29 bits per heavy atom. The molecule has 0 saturated carbocycles. The van der Waals surface area contributed by atoms with Gasteiger partial charge in [-0.2, -0.15) is 0 Å². The summed E-state index contributed by atoms with van der Waals surface area (Å²) < 4.78 is 0. The van der Waals surface area contributed by atoms with Crippen molar-refractivity contribution in [3.05, 3.63) is 52.4 Å². The second-order valence-corrected chi connectivity index (χ2v) is 5.33. The first-order chi connectivity index (χ1) is 10.1. The fraction of sp³-hybridized carbons (Fsp3) is 0.312. The Balaban J connectivity index is 1.99. The third kappa shape index (κ3) is 4.02. The largest absolute Gasteiger partial charge is 0.369 e. The lowest BCUT2D eigenvalue weighted by Crippen LogP contribution is -2.10. The molecule has 2 rings (SSSR count). The molecule has 1 N–H and O–H groups in total. The van der Waals surface area contributed by atoms with Gasteiger partial charge in [0, 0.05) is 6.54 Å². The average molecular weight is 304 g/mol. The van der Waals surface area contributed by atoms with Crippen LogP contribution < -0.4 is 5.32 Å². The number of carbonyl (C=O) groups excluding carboxylic acids is 1. The van der Waals surface area contributed by atoms with Gasteiger partial charge >= 0.3 is 0 Å². The van der Waals surface area contributed by atoms with Gasteiger partial charge in [0.2, 0.25) is 0 Å². The van der Waals surface area contributed by atoms with Crippen molar-refractivity contribution >= 4 is 23.7 Å². The Morgan fingerprint density at radius 3 is 2.67 bits per heavy atom. The number of nitrogens with one attached hydrogen (secondary N) is 1. The van der Waals surface area contributed by atoms with Gasteiger partial charge in [-0.1, -0.05) is 48.9 Å². The highest BCUT2D eigenvalue weighted by Crippen LogP contribution is 2.21. The molecule has 0 aliphatic carbocycles. The first-order valence-corrected chi connectivity index (χ1v) is 7.27. The molecule has 0 spiro atoms. The van der Waals surface area contributed by atoms with Crippen molar-refractivity contribution in [2.75, 3.05) is 11.9 Å². The van der Waals surface area contributed by atoms with Crippen LogP contribution in [-0.2, 0) is 0 Å². The van der Waals surface area contributed by atoms with Crippen LogP contribution in [0.2, 0.25) is 5.15 Å². The molecule has 0 amide bonds. The van der Waals surface area contributed by atoms with E-state index in [4.69, 9.17) is 11.6 Å². The summed E-state index contributed by atoms with van der Waals surface area (Å²) in [6.07, 6.45) is 1.62. The van der Waals surface area contributed by atoms with Crippen molar-refractivity contribution in [3.8, 4) is 0 Å². The van der Waals surface area contributed by atoms with Crippen molar-refractivity contribution < 1.29 is 4.79 Å². The van der Waals surface area contributed by atoms with E-state index in [2.05, 4.69) is 34.3 Å². The first kappa shape index (κ1) is 15.4. The molecule has 1 aromatic carbocycles. The Kier molecular flexibility index (Phi) is 5.28. The number of halogens is 1. The molecule has 0 bridgehead atoms. The van der Waals surface area contributed by atoms with E-state index in [-0.39, 0.29) is 5.15 Å². The zero-order valence-corrected chi connectivity index (χ0v) is 12.9. The third-order valence-electron chi connectivity index (χ3n) is 3.37. The number of anilines is 1. The number of aryl methyl sites for hydroxylation is 1. The highest BCUT2D eigenvalue weighted by Gasteiger charge is 2.11. The van der Waals surface area contributed by atoms with E-state index in [0.717, 1.165) is 6.42 Å². The summed E-state index contributed by atoms with van der Waals surface area (Å²) in [5.74, 6) is 1.48. The maximum absolute atomic E-state index is 11.1. The van der Waals surface area contributed by atoms with Crippen LogP contribution >= 0.6 is 11.6 Å². The lowest BCUT2D eigenvalue weighted by atomic mass is 9.98. The Bertz CT molecular complexity index is 616. The number of benzene rings is 1. The van der Waals surface area contributed by atoms with Gasteiger partial charge in [0.25, 0.3) is 0 Å². The van der Waals surface area contributed by atoms with Gasteiger partial charge in [0.05, 0.1) is 5.56 Å². The third-order valence-corrected chi connectivity index (χ3v) is 3.66. The van der Waals surface area contributed by atoms with Gasteiger partial charge in [-0.25, -0.2) is 9.97 Å². The van der Waals surface area contributed by atoms with Gasteiger partial charge in [0.15, 0.2) is 6.29 Å². The lowest BCUT2D eigenvalue weighted by Gasteiger charge is -2.14. The highest BCUT2D eigenvalue weighted by atomic mass is 35.5. The lowest BCUT2D eigenvalue weighted by molar-refractivity contribution is 0.112. The van der Waals surface area contributed by atoms with Gasteiger partial charge < -0.3 is 5.32 Å². The van der Waals surface area contributed by atoms with Crippen LogP contribution in [0, 0.1) is 6.92 Å². The molecule has 5 heteroatoms. The molecule has 1 unspecified atom stereocenters. The molecular weight excluding hydrogens is 286 g/mol. The van der Waals surface area contributed by atoms with Crippen LogP contribution in [0.3, 0.4) is 0 Å². The predicted octanol–water partition coefficient (Wildman–Crippen LogP) is 3.86. The zero-order chi connectivity index (χ0) is 15.2. The minimum atomic E-state index is 0.191. The number of carbonyl (C=O) groups is 1. The summed E-state index contributed by atoms with van der Waals surface area (Å²) in [5, 5.41) is 3.37. The molecule has 1 atom stereocenters. The van der Waals surface area contributed by atoms with Crippen LogP contribution in [0.15, 0.2) is 30.3 Å². The molecule has 0 fully saturated rings. The molecule has 2 aromatic rings. The molecule has 21 heavy (non-hydrogen) atoms. The first-order valence-electron chi connectivity index (χ1n) is 6.90. The summed E-state index contributed by atoms with van der Waals surface area (Å²) in [6.45, 7) is 4.64. The van der Waals surface area contributed by atoms with E-state index < -0.39 is 0 Å². The fourth-order valence-electron chi connectivity index (χ4n) is 2.14. The van der Waals surface area contributed by atoms with Gasteiger partial charge in [-0.05, 0) is 24.8 Å². The topological polar surface area (TPSA) is 54.9 Å². The summed E-state index contributed by atoms with van der Waals surface area (Å²) in [6, 6.07) is 10.3. The molecule has 4 nitrogen and oxygen atoms in total. The van der Waals surface area contributed by atoms with E-state index in [0.29, 0.717) is 36.0 Å². The summed E-state index contributed by atoms with van der Waals surface area (Å²) in [4.78, 5) is 19.3. The predicted molar refractivity (Wildman–Crippen MR) is 85.1 cm³/mol. The van der Waals surface area contributed by atoms with Crippen molar-refractivity contribution in [1.82, 2.24) is 9.97 Å². The van der Waals surface area contributed by atoms with Crippen molar-refractivity contribution in [1.29, 1.82) is 0 Å². The summed E-state index contributed by atoms with van der Waals surface area (Å²) >= 11 is 5.95. The van der Waals surface area contributed by atoms with Gasteiger partial charge in [-0.15, -0.1) is 0 Å². The second-order valence-electron chi connectivity index (χ2n) is 4.97. The monoisotopic (exact) mass is 303 g/mol. The van der Waals surface area contributed by atoms with E-state index in [1.165, 1.54) is 5.56 Å². The van der Waals surface area contributed by atoms with E-state index in [1.807, 2.05) is 18.2 Å². The number of aromatic nitrogens is 2. The van der Waals surface area contributed by atoms with Crippen LogP contribution in [0.1, 0.15) is 41.0 Å². The average Bonchev–Trinajstić information content (AvgIpc) is 2.47. The van der Waals surface area contributed by atoms with Gasteiger partial charge in [0.1, 0.15) is 16.8 Å². The van der Waals surface area contributed by atoms with E-state index in [1.54, 1.807) is 6.92 Å². The normalized spacial score (nSPS) is 12.0. The van der Waals surface area contributed by atoms with Crippen molar-refractivity contribution in [2.24, 2.45) is 0 Å². The van der Waals surface area contributed by atoms with Gasteiger partial charge in [-0.3, -0.25) is 4.79 Å². The molecule has 1 aromatic heterocycles. The molecule has 0 aliphatic rings. The quantitative estimate of drug-likeness (QED) is 0.650. The Labute approximate surface area is 129 Å². The van der Waals surface area contributed by atoms with Crippen LogP contribution in [0.25, 0.3) is 0 Å². The molecule has 1 heterocycles. The summed E-state index contributed by atoms with van der Waals surface area (Å²) in [7, 11) is 0. The molecular formula is C16H18ClN3O. The van der Waals surface area contributed by atoms with E-state index in [9.17, 15) is 4.79 Å². The highest BCUT2D eigenvalue weighted by molar-refractivity contribution is 6.32. The van der Waals surface area contributed by atoms with Crippen molar-refractivity contribution in [3.63, 3.8) is 0 Å². The number of aldehydes is 1. The second kappa shape index (κ2) is 7.18. The minimum Gasteiger partial charge on any atom is -0.369 e. The molecule has 0 radical (unpaired) electrons. The van der Waals surface area contributed by atoms with Crippen LogP contribution in [0.5, 0.6) is 0 Å². The number of hydrogen-bond acceptors (Lipinski definition) is 4. The van der Waals surface area contributed by atoms with Crippen LogP contribution in [-0.4, -0.2) is 22.8 Å². The number of hydrogen-bond donors (Lipinski definition) is 1. The maximum Gasteiger partial charge on any atom is 0.156 e. The van der Waals surface area contributed by atoms with E-state index >= 15 is 0 Å². The fourth-order valence-corrected chi connectivity index (χ4v) is 2.40. The molecule has 110 valence electrons. The molecule has 0 saturated heterocycles. The Morgan fingerprint density at radius 2 is 2.00 bits per heavy atom. The summed E-state index contributed by atoms with van der Waals surface area (Å²) in [5.41, 5.74) is 1.61. The van der Waals surface area contributed by atoms with Crippen LogP contribution in [0.4, 0.5) is 5.82 Å². The smallest absolute Gasteiger partial charge is 0.156 e. The SMILES string of the molecule is Cc1nc(Cl)c(C=O)c(NCCC(C)c2ccccc2)n1. The van der Waals surface area contributed by atoms with Crippen molar-refractivity contribution in [2.45, 2.75) is 26.2 Å². The maximum atomic E-state index is 11.1. The number of nitrogens with zero attached hydrogens (tertiary/aromatic N) is 2. The minimum absolute atomic E-state index is 0.191.